The third-order valence-corrected chi connectivity index (χ3v) is 3.43. The predicted octanol–water partition coefficient (Wildman–Crippen LogP) is 3.48. The fraction of sp³-hybridized carbons (Fsp3) is 0.167. The number of carbonyl (C=O) groups is 1. The molecular weight excluding hydrogens is 358 g/mol. The highest BCUT2D eigenvalue weighted by molar-refractivity contribution is 7.51. The number of ether oxygens (including phenoxy) is 2. The minimum Gasteiger partial charge on any atom is -0.506 e. The number of carbonyl (C=O) groups excluding carboxylic acids is 1. The Balaban J connectivity index is 0.000000758. The number of aromatic amines is 1. The second-order valence-corrected chi connectivity index (χ2v) is 5.43. The van der Waals surface area contributed by atoms with E-state index in [0.717, 1.165) is 5.56 Å². The number of rotatable bonds is 4. The summed E-state index contributed by atoms with van der Waals surface area (Å²) in [6, 6.07) is 12.5. The molecule has 0 atom stereocenters. The van der Waals surface area contributed by atoms with Gasteiger partial charge in [0.15, 0.2) is 0 Å². The maximum absolute atomic E-state index is 11.8. The lowest BCUT2D eigenvalue weighted by Gasteiger charge is -2.07. The zero-order valence-electron chi connectivity index (χ0n) is 14.1. The summed E-state index contributed by atoms with van der Waals surface area (Å²) in [5.74, 6) is 0.730. The first kappa shape index (κ1) is 19.2. The highest BCUT2D eigenvalue weighted by Crippen LogP contribution is 2.33. The molecule has 3 aromatic rings. The molecule has 0 bridgehead atoms. The Morgan fingerprint density at radius 2 is 1.77 bits per heavy atom. The highest BCUT2D eigenvalue weighted by atomic mass is 32.1. The van der Waals surface area contributed by atoms with Crippen LogP contribution in [0.4, 0.5) is 0 Å². The van der Waals surface area contributed by atoms with Gasteiger partial charge in [0.1, 0.15) is 22.9 Å². The van der Waals surface area contributed by atoms with Crippen molar-refractivity contribution in [2.24, 2.45) is 0 Å². The van der Waals surface area contributed by atoms with Gasteiger partial charge >= 0.3 is 17.5 Å². The van der Waals surface area contributed by atoms with Gasteiger partial charge in [0, 0.05) is 11.5 Å². The van der Waals surface area contributed by atoms with Crippen LogP contribution in [0.25, 0.3) is 10.9 Å². The van der Waals surface area contributed by atoms with Crippen LogP contribution in [-0.2, 0) is 16.3 Å². The molecule has 0 fully saturated rings. The summed E-state index contributed by atoms with van der Waals surface area (Å²) in [5.41, 5.74) is 1.91. The molecule has 0 unspecified atom stereocenters. The molecule has 1 aromatic heterocycles. The van der Waals surface area contributed by atoms with Gasteiger partial charge < -0.3 is 19.6 Å². The van der Waals surface area contributed by atoms with Crippen molar-refractivity contribution in [1.29, 1.82) is 0 Å². The molecule has 7 nitrogen and oxygen atoms in total. The van der Waals surface area contributed by atoms with E-state index in [-0.39, 0.29) is 5.75 Å². The SMILES string of the molecule is CCOC(=O)c1cc2cc(Oc3ccc(C)cc3)cc(O)c2[nH]1.O=S=O. The third kappa shape index (κ3) is 4.70. The number of aromatic nitrogens is 1. The standard InChI is InChI=1S/C18H17NO4.O2S/c1-3-22-18(21)15-9-12-8-14(10-16(20)17(12)19-15)23-13-6-4-11(2)5-7-13;1-3-2/h4-10,19-20H,3H2,1-2H3;. The van der Waals surface area contributed by atoms with Crippen molar-refractivity contribution in [1.82, 2.24) is 4.98 Å². The smallest absolute Gasteiger partial charge is 0.354 e. The molecule has 0 saturated carbocycles. The van der Waals surface area contributed by atoms with Gasteiger partial charge in [-0.3, -0.25) is 0 Å². The number of benzene rings is 2. The van der Waals surface area contributed by atoms with E-state index in [1.807, 2.05) is 31.2 Å². The van der Waals surface area contributed by atoms with Crippen LogP contribution in [0.5, 0.6) is 17.2 Å². The minimum atomic E-state index is -0.750. The Kier molecular flexibility index (Phi) is 6.51. The summed E-state index contributed by atoms with van der Waals surface area (Å²) in [6.45, 7) is 4.03. The van der Waals surface area contributed by atoms with E-state index in [0.29, 0.717) is 34.7 Å². The van der Waals surface area contributed by atoms with Crippen LogP contribution in [0, 0.1) is 6.92 Å². The summed E-state index contributed by atoms with van der Waals surface area (Å²) in [4.78, 5) is 14.6. The number of hydrogen-bond donors (Lipinski definition) is 2. The number of esters is 1. The first-order chi connectivity index (χ1) is 12.5. The van der Waals surface area contributed by atoms with Gasteiger partial charge in [0.2, 0.25) is 0 Å². The van der Waals surface area contributed by atoms with Crippen molar-refractivity contribution in [2.45, 2.75) is 13.8 Å². The number of hydrogen-bond acceptors (Lipinski definition) is 6. The molecule has 0 spiro atoms. The second-order valence-electron chi connectivity index (χ2n) is 5.29. The van der Waals surface area contributed by atoms with Crippen LogP contribution < -0.4 is 4.74 Å². The number of aryl methyl sites for hydroxylation is 1. The van der Waals surface area contributed by atoms with Gasteiger partial charge in [-0.05, 0) is 38.1 Å². The van der Waals surface area contributed by atoms with E-state index in [9.17, 15) is 9.90 Å². The lowest BCUT2D eigenvalue weighted by Crippen LogP contribution is -2.04. The molecule has 1 heterocycles. The number of nitrogens with one attached hydrogen (secondary N) is 1. The first-order valence-corrected chi connectivity index (χ1v) is 8.34. The zero-order chi connectivity index (χ0) is 19.1. The molecular formula is C18H17NO6S. The molecule has 0 aliphatic carbocycles. The average molecular weight is 375 g/mol. The Hall–Kier alpha value is -3.13. The fourth-order valence-electron chi connectivity index (χ4n) is 2.32. The van der Waals surface area contributed by atoms with Gasteiger partial charge in [-0.15, -0.1) is 0 Å². The van der Waals surface area contributed by atoms with Crippen molar-refractivity contribution in [3.63, 3.8) is 0 Å². The van der Waals surface area contributed by atoms with E-state index in [1.165, 1.54) is 6.07 Å². The van der Waals surface area contributed by atoms with Gasteiger partial charge in [-0.2, -0.15) is 8.42 Å². The molecule has 3 rings (SSSR count). The maximum atomic E-state index is 11.8. The molecule has 26 heavy (non-hydrogen) atoms. The predicted molar refractivity (Wildman–Crippen MR) is 96.1 cm³/mol. The second kappa shape index (κ2) is 8.82. The fourth-order valence-corrected chi connectivity index (χ4v) is 2.32. The van der Waals surface area contributed by atoms with Crippen molar-refractivity contribution < 1.29 is 27.8 Å². The van der Waals surface area contributed by atoms with Crippen LogP contribution in [0.2, 0.25) is 0 Å². The van der Waals surface area contributed by atoms with Crippen molar-refractivity contribution in [3.8, 4) is 17.2 Å². The van der Waals surface area contributed by atoms with Crippen LogP contribution >= 0.6 is 0 Å². The lowest BCUT2D eigenvalue weighted by molar-refractivity contribution is 0.0520. The van der Waals surface area contributed by atoms with E-state index >= 15 is 0 Å². The summed E-state index contributed by atoms with van der Waals surface area (Å²) in [6.07, 6.45) is 0. The Bertz CT molecular complexity index is 942. The lowest BCUT2D eigenvalue weighted by atomic mass is 10.2. The van der Waals surface area contributed by atoms with Crippen LogP contribution in [0.1, 0.15) is 23.0 Å². The van der Waals surface area contributed by atoms with E-state index < -0.39 is 17.5 Å². The van der Waals surface area contributed by atoms with Crippen molar-refractivity contribution >= 4 is 28.4 Å². The number of H-pyrrole nitrogens is 1. The number of fused-ring (bicyclic) bond motifs is 1. The topological polar surface area (TPSA) is 106 Å². The van der Waals surface area contributed by atoms with E-state index in [2.05, 4.69) is 4.98 Å². The molecule has 0 amide bonds. The minimum absolute atomic E-state index is 0.0140. The summed E-state index contributed by atoms with van der Waals surface area (Å²) < 4.78 is 27.3. The Labute approximate surface area is 153 Å². The normalized spacial score (nSPS) is 9.92. The molecule has 136 valence electrons. The number of phenolic OH excluding ortho intramolecular Hbond substituents is 1. The first-order valence-electron chi connectivity index (χ1n) is 7.67. The Morgan fingerprint density at radius 1 is 1.12 bits per heavy atom. The summed E-state index contributed by atoms with van der Waals surface area (Å²) in [5, 5.41) is 10.8. The van der Waals surface area contributed by atoms with Crippen LogP contribution in [0.15, 0.2) is 42.5 Å². The average Bonchev–Trinajstić information content (AvgIpc) is 3.03. The van der Waals surface area contributed by atoms with Gasteiger partial charge in [0.05, 0.1) is 12.1 Å². The number of aromatic hydroxyl groups is 1. The van der Waals surface area contributed by atoms with Gasteiger partial charge in [-0.25, -0.2) is 4.79 Å². The summed E-state index contributed by atoms with van der Waals surface area (Å²) in [7, 11) is 0. The Morgan fingerprint density at radius 3 is 2.38 bits per heavy atom. The summed E-state index contributed by atoms with van der Waals surface area (Å²) >= 11 is -0.750. The quantitative estimate of drug-likeness (QED) is 0.676. The zero-order valence-corrected chi connectivity index (χ0v) is 15.0. The monoisotopic (exact) mass is 375 g/mol. The van der Waals surface area contributed by atoms with Crippen molar-refractivity contribution in [3.05, 3.63) is 53.7 Å². The molecule has 2 aromatic carbocycles. The third-order valence-electron chi connectivity index (χ3n) is 3.43. The molecule has 0 aliphatic rings. The molecule has 8 heteroatoms. The van der Waals surface area contributed by atoms with Crippen LogP contribution in [0.3, 0.4) is 0 Å². The van der Waals surface area contributed by atoms with E-state index in [1.54, 1.807) is 19.1 Å². The highest BCUT2D eigenvalue weighted by Gasteiger charge is 2.14. The maximum Gasteiger partial charge on any atom is 0.354 e. The molecule has 2 N–H and O–H groups in total. The van der Waals surface area contributed by atoms with Crippen LogP contribution in [-0.4, -0.2) is 31.1 Å². The largest absolute Gasteiger partial charge is 0.506 e. The number of phenols is 1. The van der Waals surface area contributed by atoms with Crippen molar-refractivity contribution in [2.75, 3.05) is 6.61 Å². The van der Waals surface area contributed by atoms with Gasteiger partial charge in [0.25, 0.3) is 0 Å². The van der Waals surface area contributed by atoms with E-state index in [4.69, 9.17) is 17.9 Å². The molecule has 0 saturated heterocycles. The van der Waals surface area contributed by atoms with Gasteiger partial charge in [-0.1, -0.05) is 17.7 Å². The molecule has 0 radical (unpaired) electrons. The molecule has 0 aliphatic heterocycles.